The van der Waals surface area contributed by atoms with E-state index in [1.165, 1.54) is 0 Å². The van der Waals surface area contributed by atoms with Gasteiger partial charge in [-0.3, -0.25) is 9.36 Å². The van der Waals surface area contributed by atoms with Gasteiger partial charge in [0.2, 0.25) is 0 Å². The van der Waals surface area contributed by atoms with E-state index in [0.717, 1.165) is 58.0 Å². The third-order valence-electron chi connectivity index (χ3n) is 5.65. The lowest BCUT2D eigenvalue weighted by atomic mass is 10.0. The summed E-state index contributed by atoms with van der Waals surface area (Å²) in [5.41, 5.74) is 2.23. The van der Waals surface area contributed by atoms with Gasteiger partial charge in [0.1, 0.15) is 10.7 Å². The molecular weight excluding hydrogens is 370 g/mol. The minimum atomic E-state index is 0.105. The lowest BCUT2D eigenvalue weighted by molar-refractivity contribution is 0.191. The highest BCUT2D eigenvalue weighted by Gasteiger charge is 2.25. The highest BCUT2D eigenvalue weighted by molar-refractivity contribution is 7.19. The van der Waals surface area contributed by atoms with E-state index in [9.17, 15) is 4.79 Å². The van der Waals surface area contributed by atoms with Crippen molar-refractivity contribution in [1.82, 2.24) is 14.5 Å². The van der Waals surface area contributed by atoms with Crippen LogP contribution in [0, 0.1) is 6.92 Å². The fourth-order valence-electron chi connectivity index (χ4n) is 4.17. The quantitative estimate of drug-likeness (QED) is 0.655. The van der Waals surface area contributed by atoms with E-state index >= 15 is 0 Å². The predicted octanol–water partition coefficient (Wildman–Crippen LogP) is 3.89. The first-order chi connectivity index (χ1) is 13.6. The standard InChI is InChI=1S/C22H27N3O2S/c1-15-19(16-7-5-4-6-8-16)20-21(28-15)23-18(11-14-27-3)25(22(20)26)17-9-12-24(2)13-10-17/h4-8,17H,9-14H2,1-3H3. The molecule has 0 N–H and O–H groups in total. The van der Waals surface area contributed by atoms with Gasteiger partial charge < -0.3 is 9.64 Å². The van der Waals surface area contributed by atoms with Gasteiger partial charge in [-0.2, -0.15) is 0 Å². The molecule has 4 rings (SSSR count). The molecular formula is C22H27N3O2S. The maximum Gasteiger partial charge on any atom is 0.263 e. The molecule has 6 heteroatoms. The van der Waals surface area contributed by atoms with Crippen molar-refractivity contribution in [3.05, 3.63) is 51.4 Å². The third kappa shape index (κ3) is 3.52. The molecule has 28 heavy (non-hydrogen) atoms. The highest BCUT2D eigenvalue weighted by atomic mass is 32.1. The fourth-order valence-corrected chi connectivity index (χ4v) is 5.22. The molecule has 0 radical (unpaired) electrons. The molecule has 1 saturated heterocycles. The Hall–Kier alpha value is -2.02. The van der Waals surface area contributed by atoms with Crippen LogP contribution in [0.3, 0.4) is 0 Å². The van der Waals surface area contributed by atoms with Crippen LogP contribution in [0.1, 0.15) is 29.6 Å². The summed E-state index contributed by atoms with van der Waals surface area (Å²) in [5.74, 6) is 0.856. The van der Waals surface area contributed by atoms with Crippen LogP contribution < -0.4 is 5.56 Å². The van der Waals surface area contributed by atoms with Gasteiger partial charge in [0.15, 0.2) is 0 Å². The number of ether oxygens (including phenoxy) is 1. The first-order valence-corrected chi connectivity index (χ1v) is 10.7. The molecule has 0 bridgehead atoms. The zero-order chi connectivity index (χ0) is 19.7. The van der Waals surface area contributed by atoms with Crippen LogP contribution in [0.15, 0.2) is 35.1 Å². The molecule has 1 aromatic carbocycles. The molecule has 0 saturated carbocycles. The minimum absolute atomic E-state index is 0.105. The van der Waals surface area contributed by atoms with Crippen molar-refractivity contribution >= 4 is 21.6 Å². The lowest BCUT2D eigenvalue weighted by Gasteiger charge is -2.31. The molecule has 0 atom stereocenters. The predicted molar refractivity (Wildman–Crippen MR) is 115 cm³/mol. The number of likely N-dealkylation sites (tertiary alicyclic amines) is 1. The summed E-state index contributed by atoms with van der Waals surface area (Å²) >= 11 is 1.62. The fraction of sp³-hybridized carbons (Fsp3) is 0.455. The molecule has 2 aromatic heterocycles. The topological polar surface area (TPSA) is 47.4 Å². The Morgan fingerprint density at radius 1 is 1.21 bits per heavy atom. The van der Waals surface area contributed by atoms with Crippen molar-refractivity contribution in [2.24, 2.45) is 0 Å². The first-order valence-electron chi connectivity index (χ1n) is 9.87. The van der Waals surface area contributed by atoms with Gasteiger partial charge in [0.25, 0.3) is 5.56 Å². The molecule has 0 amide bonds. The molecule has 0 aliphatic carbocycles. The molecule has 148 valence electrons. The minimum Gasteiger partial charge on any atom is -0.384 e. The molecule has 1 aliphatic rings. The van der Waals surface area contributed by atoms with Gasteiger partial charge >= 0.3 is 0 Å². The van der Waals surface area contributed by atoms with E-state index in [-0.39, 0.29) is 11.6 Å². The van der Waals surface area contributed by atoms with Crippen molar-refractivity contribution in [3.8, 4) is 11.1 Å². The largest absolute Gasteiger partial charge is 0.384 e. The Labute approximate surface area is 169 Å². The van der Waals surface area contributed by atoms with Crippen molar-refractivity contribution in [3.63, 3.8) is 0 Å². The van der Waals surface area contributed by atoms with Crippen molar-refractivity contribution in [2.75, 3.05) is 33.9 Å². The second kappa shape index (κ2) is 8.15. The summed E-state index contributed by atoms with van der Waals surface area (Å²) < 4.78 is 7.27. The van der Waals surface area contributed by atoms with Gasteiger partial charge in [0.05, 0.1) is 12.0 Å². The van der Waals surface area contributed by atoms with E-state index in [1.54, 1.807) is 18.4 Å². The number of benzene rings is 1. The van der Waals surface area contributed by atoms with Crippen LogP contribution in [0.2, 0.25) is 0 Å². The van der Waals surface area contributed by atoms with Crippen LogP contribution >= 0.6 is 11.3 Å². The zero-order valence-corrected chi connectivity index (χ0v) is 17.6. The Morgan fingerprint density at radius 2 is 1.93 bits per heavy atom. The van der Waals surface area contributed by atoms with Gasteiger partial charge in [-0.25, -0.2) is 4.98 Å². The number of hydrogen-bond acceptors (Lipinski definition) is 5. The van der Waals surface area contributed by atoms with Crippen LogP contribution in [-0.4, -0.2) is 48.3 Å². The van der Waals surface area contributed by atoms with Crippen molar-refractivity contribution < 1.29 is 4.74 Å². The van der Waals surface area contributed by atoms with E-state index in [2.05, 4.69) is 31.0 Å². The number of rotatable bonds is 5. The van der Waals surface area contributed by atoms with E-state index < -0.39 is 0 Å². The van der Waals surface area contributed by atoms with Crippen molar-refractivity contribution in [1.29, 1.82) is 0 Å². The monoisotopic (exact) mass is 397 g/mol. The van der Waals surface area contributed by atoms with Crippen LogP contribution in [0.4, 0.5) is 0 Å². The molecule has 1 fully saturated rings. The number of nitrogens with zero attached hydrogens (tertiary/aromatic N) is 3. The zero-order valence-electron chi connectivity index (χ0n) is 16.8. The third-order valence-corrected chi connectivity index (χ3v) is 6.65. The average molecular weight is 398 g/mol. The second-order valence-electron chi connectivity index (χ2n) is 7.56. The summed E-state index contributed by atoms with van der Waals surface area (Å²) in [6.07, 6.45) is 2.62. The normalized spacial score (nSPS) is 16.1. The molecule has 0 spiro atoms. The SMILES string of the molecule is COCCc1nc2sc(C)c(-c3ccccc3)c2c(=O)n1C1CCN(C)CC1. The second-order valence-corrected chi connectivity index (χ2v) is 8.76. The average Bonchev–Trinajstić information content (AvgIpc) is 3.04. The van der Waals surface area contributed by atoms with Gasteiger partial charge in [-0.1, -0.05) is 30.3 Å². The van der Waals surface area contributed by atoms with Crippen LogP contribution in [0.25, 0.3) is 21.3 Å². The Kier molecular flexibility index (Phi) is 5.62. The molecule has 3 heterocycles. The van der Waals surface area contributed by atoms with E-state index in [4.69, 9.17) is 9.72 Å². The smallest absolute Gasteiger partial charge is 0.263 e. The van der Waals surface area contributed by atoms with Crippen LogP contribution in [0.5, 0.6) is 0 Å². The summed E-state index contributed by atoms with van der Waals surface area (Å²) in [5, 5.41) is 0.772. The number of aryl methyl sites for hydroxylation is 1. The van der Waals surface area contributed by atoms with E-state index in [0.29, 0.717) is 13.0 Å². The maximum atomic E-state index is 13.8. The van der Waals surface area contributed by atoms with Gasteiger partial charge in [-0.05, 0) is 45.5 Å². The number of fused-ring (bicyclic) bond motifs is 1. The number of methoxy groups -OCH3 is 1. The highest BCUT2D eigenvalue weighted by Crippen LogP contribution is 2.36. The molecule has 0 unspecified atom stereocenters. The van der Waals surface area contributed by atoms with Crippen LogP contribution in [-0.2, 0) is 11.2 Å². The van der Waals surface area contributed by atoms with Gasteiger partial charge in [-0.15, -0.1) is 11.3 Å². The summed E-state index contributed by atoms with van der Waals surface area (Å²) in [6, 6.07) is 10.4. The van der Waals surface area contributed by atoms with Crippen molar-refractivity contribution in [2.45, 2.75) is 32.2 Å². The van der Waals surface area contributed by atoms with Gasteiger partial charge in [0, 0.05) is 30.0 Å². The number of piperidine rings is 1. The Balaban J connectivity index is 1.92. The summed E-state index contributed by atoms with van der Waals surface area (Å²) in [4.78, 5) is 23.1. The maximum absolute atomic E-state index is 13.8. The summed E-state index contributed by atoms with van der Waals surface area (Å²) in [6.45, 7) is 4.67. The molecule has 3 aromatic rings. The Morgan fingerprint density at radius 3 is 2.61 bits per heavy atom. The number of thiophene rings is 1. The first kappa shape index (κ1) is 19.3. The van der Waals surface area contributed by atoms with E-state index in [1.807, 2.05) is 22.8 Å². The lowest BCUT2D eigenvalue weighted by Crippen LogP contribution is -2.37. The number of aromatic nitrogens is 2. The molecule has 1 aliphatic heterocycles. The Bertz CT molecular complexity index is 1020. The number of hydrogen-bond donors (Lipinski definition) is 0. The molecule has 5 nitrogen and oxygen atoms in total. The summed E-state index contributed by atoms with van der Waals surface area (Å²) in [7, 11) is 3.83.